The van der Waals surface area contributed by atoms with Crippen LogP contribution in [0.5, 0.6) is 0 Å². The van der Waals surface area contributed by atoms with Crippen LogP contribution < -0.4 is 5.32 Å². The Morgan fingerprint density at radius 3 is 2.58 bits per heavy atom. The van der Waals surface area contributed by atoms with Gasteiger partial charge >= 0.3 is 0 Å². The van der Waals surface area contributed by atoms with Crippen molar-refractivity contribution in [1.29, 1.82) is 0 Å². The molecule has 2 saturated heterocycles. The van der Waals surface area contributed by atoms with Gasteiger partial charge in [-0.2, -0.15) is 0 Å². The smallest absolute Gasteiger partial charge is 0.218 e. The van der Waals surface area contributed by atoms with Crippen LogP contribution in [0.15, 0.2) is 54.6 Å². The van der Waals surface area contributed by atoms with Crippen LogP contribution in [0.25, 0.3) is 0 Å². The fourth-order valence-electron chi connectivity index (χ4n) is 3.69. The Morgan fingerprint density at radius 1 is 1.12 bits per heavy atom. The molecule has 4 atom stereocenters. The third-order valence-electron chi connectivity index (χ3n) is 4.86. The van der Waals surface area contributed by atoms with Crippen molar-refractivity contribution in [3.63, 3.8) is 0 Å². The molecule has 126 valence electrons. The molecule has 5 heteroatoms. The van der Waals surface area contributed by atoms with Crippen LogP contribution in [0.2, 0.25) is 5.02 Å². The Balaban J connectivity index is 1.72. The topological polar surface area (TPSA) is 39.7 Å². The number of rotatable bonds is 4. The lowest BCUT2D eigenvalue weighted by Crippen LogP contribution is -2.45. The minimum Gasteiger partial charge on any atom is -0.376 e. The molecule has 2 heterocycles. The predicted molar refractivity (Wildman–Crippen MR) is 92.9 cm³/mol. The van der Waals surface area contributed by atoms with Gasteiger partial charge in [-0.25, -0.2) is 0 Å². The number of nitrogens with one attached hydrogen (secondary N) is 1. The molecule has 2 aromatic rings. The van der Waals surface area contributed by atoms with Crippen LogP contribution in [-0.2, 0) is 20.0 Å². The highest BCUT2D eigenvalue weighted by Gasteiger charge is 2.59. The Hall–Kier alpha value is -1.59. The third-order valence-corrected chi connectivity index (χ3v) is 5.11. The maximum atomic E-state index is 6.28. The number of methoxy groups -OCH3 is 1. The van der Waals surface area contributed by atoms with E-state index in [0.29, 0.717) is 11.6 Å². The SMILES string of the molecule is CO[C@]1(c2ccccc2)O[C@@H]2OCC[C@@H]2[C@H]1Nc1ccc(Cl)cc1. The summed E-state index contributed by atoms with van der Waals surface area (Å²) in [6.07, 6.45) is 0.684. The Bertz CT molecular complexity index is 694. The lowest BCUT2D eigenvalue weighted by molar-refractivity contribution is -0.267. The van der Waals surface area contributed by atoms with E-state index in [2.05, 4.69) is 5.32 Å². The van der Waals surface area contributed by atoms with Crippen molar-refractivity contribution in [2.75, 3.05) is 19.0 Å². The van der Waals surface area contributed by atoms with Gasteiger partial charge < -0.3 is 19.5 Å². The molecular formula is C19H20ClNO3. The van der Waals surface area contributed by atoms with Crippen molar-refractivity contribution >= 4 is 17.3 Å². The normalized spacial score (nSPS) is 31.8. The number of fused-ring (bicyclic) bond motifs is 1. The molecule has 0 unspecified atom stereocenters. The molecule has 1 N–H and O–H groups in total. The maximum Gasteiger partial charge on any atom is 0.218 e. The summed E-state index contributed by atoms with van der Waals surface area (Å²) in [5.41, 5.74) is 1.97. The largest absolute Gasteiger partial charge is 0.376 e. The van der Waals surface area contributed by atoms with Gasteiger partial charge in [0.05, 0.1) is 12.6 Å². The minimum atomic E-state index is -0.878. The van der Waals surface area contributed by atoms with Crippen molar-refractivity contribution in [2.24, 2.45) is 5.92 Å². The van der Waals surface area contributed by atoms with E-state index < -0.39 is 5.79 Å². The van der Waals surface area contributed by atoms with E-state index in [1.807, 2.05) is 54.6 Å². The van der Waals surface area contributed by atoms with Crippen molar-refractivity contribution in [3.8, 4) is 0 Å². The quantitative estimate of drug-likeness (QED) is 0.908. The third kappa shape index (κ3) is 2.60. The van der Waals surface area contributed by atoms with Gasteiger partial charge in [-0.1, -0.05) is 41.9 Å². The van der Waals surface area contributed by atoms with E-state index in [-0.39, 0.29) is 18.2 Å². The summed E-state index contributed by atoms with van der Waals surface area (Å²) >= 11 is 6.00. The average Bonchev–Trinajstić information content (AvgIpc) is 3.18. The molecule has 2 aromatic carbocycles. The van der Waals surface area contributed by atoms with Gasteiger partial charge in [-0.3, -0.25) is 0 Å². The molecule has 4 nitrogen and oxygen atoms in total. The summed E-state index contributed by atoms with van der Waals surface area (Å²) < 4.78 is 18.0. The number of hydrogen-bond donors (Lipinski definition) is 1. The lowest BCUT2D eigenvalue weighted by Gasteiger charge is -2.35. The second-order valence-corrected chi connectivity index (χ2v) is 6.61. The number of halogens is 1. The van der Waals surface area contributed by atoms with Crippen molar-refractivity contribution in [2.45, 2.75) is 24.5 Å². The van der Waals surface area contributed by atoms with Crippen LogP contribution in [0, 0.1) is 5.92 Å². The zero-order valence-corrected chi connectivity index (χ0v) is 14.2. The van der Waals surface area contributed by atoms with Gasteiger partial charge in [0.15, 0.2) is 6.29 Å². The first kappa shape index (κ1) is 15.9. The lowest BCUT2D eigenvalue weighted by atomic mass is 9.89. The fraction of sp³-hybridized carbons (Fsp3) is 0.368. The molecule has 0 bridgehead atoms. The van der Waals surface area contributed by atoms with Crippen LogP contribution >= 0.6 is 11.6 Å². The summed E-state index contributed by atoms with van der Waals surface area (Å²) in [5.74, 6) is -0.655. The van der Waals surface area contributed by atoms with Crippen molar-refractivity contribution in [1.82, 2.24) is 0 Å². The second-order valence-electron chi connectivity index (χ2n) is 6.18. The maximum absolute atomic E-state index is 6.28. The number of hydrogen-bond acceptors (Lipinski definition) is 4. The first-order valence-electron chi connectivity index (χ1n) is 8.15. The van der Waals surface area contributed by atoms with E-state index in [1.165, 1.54) is 0 Å². The molecule has 2 fully saturated rings. The van der Waals surface area contributed by atoms with Crippen LogP contribution in [0.1, 0.15) is 12.0 Å². The zero-order valence-electron chi connectivity index (χ0n) is 13.4. The Labute approximate surface area is 146 Å². The van der Waals surface area contributed by atoms with E-state index in [0.717, 1.165) is 17.7 Å². The summed E-state index contributed by atoms with van der Waals surface area (Å²) in [6, 6.07) is 17.7. The van der Waals surface area contributed by atoms with Gasteiger partial charge in [-0.15, -0.1) is 0 Å². The highest BCUT2D eigenvalue weighted by molar-refractivity contribution is 6.30. The minimum absolute atomic E-state index is 0.0569. The monoisotopic (exact) mass is 345 g/mol. The molecule has 4 rings (SSSR count). The molecule has 0 radical (unpaired) electrons. The average molecular weight is 346 g/mol. The van der Waals surface area contributed by atoms with E-state index in [4.69, 9.17) is 25.8 Å². The van der Waals surface area contributed by atoms with Gasteiger partial charge in [-0.05, 0) is 30.7 Å². The first-order valence-corrected chi connectivity index (χ1v) is 8.53. The Morgan fingerprint density at radius 2 is 1.88 bits per heavy atom. The van der Waals surface area contributed by atoms with E-state index >= 15 is 0 Å². The fourth-order valence-corrected chi connectivity index (χ4v) is 3.82. The molecule has 0 aromatic heterocycles. The second kappa shape index (κ2) is 6.37. The van der Waals surface area contributed by atoms with Gasteiger partial charge in [0.1, 0.15) is 0 Å². The van der Waals surface area contributed by atoms with Gasteiger partial charge in [0.2, 0.25) is 5.79 Å². The van der Waals surface area contributed by atoms with Crippen LogP contribution in [0.3, 0.4) is 0 Å². The molecule has 0 amide bonds. The van der Waals surface area contributed by atoms with Crippen molar-refractivity contribution in [3.05, 3.63) is 65.2 Å². The molecule has 24 heavy (non-hydrogen) atoms. The first-order chi connectivity index (χ1) is 11.7. The van der Waals surface area contributed by atoms with E-state index in [9.17, 15) is 0 Å². The number of ether oxygens (including phenoxy) is 3. The molecule has 0 saturated carbocycles. The molecular weight excluding hydrogens is 326 g/mol. The van der Waals surface area contributed by atoms with Crippen molar-refractivity contribution < 1.29 is 14.2 Å². The van der Waals surface area contributed by atoms with E-state index in [1.54, 1.807) is 7.11 Å². The standard InChI is InChI=1S/C19H20ClNO3/c1-22-19(13-5-3-2-4-6-13)17(16-11-12-23-18(16)24-19)21-15-9-7-14(20)8-10-15/h2-10,16-18,21H,11-12H2,1H3/t16-,17-,18+,19-/m1/s1. The summed E-state index contributed by atoms with van der Waals surface area (Å²) in [4.78, 5) is 0. The van der Waals surface area contributed by atoms with Crippen LogP contribution in [-0.4, -0.2) is 26.0 Å². The zero-order chi connectivity index (χ0) is 16.6. The summed E-state index contributed by atoms with van der Waals surface area (Å²) in [5, 5.41) is 4.31. The highest BCUT2D eigenvalue weighted by Crippen LogP contribution is 2.48. The predicted octanol–water partition coefficient (Wildman–Crippen LogP) is 4.01. The molecule has 0 aliphatic carbocycles. The molecule has 2 aliphatic heterocycles. The summed E-state index contributed by atoms with van der Waals surface area (Å²) in [7, 11) is 1.69. The van der Waals surface area contributed by atoms with Crippen LogP contribution in [0.4, 0.5) is 5.69 Å². The molecule has 0 spiro atoms. The number of benzene rings is 2. The molecule has 2 aliphatic rings. The number of anilines is 1. The van der Waals surface area contributed by atoms with Gasteiger partial charge in [0.25, 0.3) is 0 Å². The highest BCUT2D eigenvalue weighted by atomic mass is 35.5. The summed E-state index contributed by atoms with van der Waals surface area (Å²) in [6.45, 7) is 0.711. The van der Waals surface area contributed by atoms with Gasteiger partial charge in [0, 0.05) is 29.3 Å². The Kier molecular flexibility index (Phi) is 4.22.